The van der Waals surface area contributed by atoms with Crippen LogP contribution in [0.25, 0.3) is 0 Å². The summed E-state index contributed by atoms with van der Waals surface area (Å²) in [7, 11) is 0. The number of nitro benzene ring substituents is 2. The number of anilines is 2. The molecule has 0 spiro atoms. The van der Waals surface area contributed by atoms with Crippen LogP contribution in [-0.4, -0.2) is 41.9 Å². The maximum absolute atomic E-state index is 11.4. The molecule has 0 radical (unpaired) electrons. The number of hydrogen-bond donors (Lipinski definition) is 1. The molecule has 1 saturated heterocycles. The van der Waals surface area contributed by atoms with Crippen LogP contribution >= 0.6 is 0 Å². The van der Waals surface area contributed by atoms with E-state index >= 15 is 0 Å². The van der Waals surface area contributed by atoms with E-state index in [-0.39, 0.29) is 16.9 Å². The summed E-state index contributed by atoms with van der Waals surface area (Å²) < 4.78 is 0. The van der Waals surface area contributed by atoms with E-state index < -0.39 is 15.8 Å². The van der Waals surface area contributed by atoms with Crippen LogP contribution in [0.5, 0.6) is 0 Å². The molecule has 0 saturated carbocycles. The molecule has 0 atom stereocenters. The Bertz CT molecular complexity index is 891. The van der Waals surface area contributed by atoms with Crippen LogP contribution < -0.4 is 15.5 Å². The van der Waals surface area contributed by atoms with Gasteiger partial charge in [0.05, 0.1) is 9.85 Å². The van der Waals surface area contributed by atoms with Gasteiger partial charge >= 0.3 is 0 Å². The van der Waals surface area contributed by atoms with Crippen LogP contribution in [-0.2, 0) is 0 Å². The molecule has 2 N–H and O–H groups in total. The SMILES string of the molecule is NC(=O)c1ccc(N2CCN(c3ccc([N+](=O)[O-])cc3)CC2)c([N+](=O)[O-])c1. The number of piperazine rings is 1. The van der Waals surface area contributed by atoms with E-state index in [1.807, 2.05) is 4.90 Å². The number of rotatable bonds is 5. The van der Waals surface area contributed by atoms with Gasteiger partial charge in [-0.25, -0.2) is 0 Å². The lowest BCUT2D eigenvalue weighted by Gasteiger charge is -2.37. The molecule has 140 valence electrons. The van der Waals surface area contributed by atoms with E-state index in [0.717, 1.165) is 5.69 Å². The summed E-state index contributed by atoms with van der Waals surface area (Å²) in [5, 5.41) is 22.1. The maximum atomic E-state index is 11.4. The average Bonchev–Trinajstić information content (AvgIpc) is 2.67. The summed E-state index contributed by atoms with van der Waals surface area (Å²) >= 11 is 0. The first-order chi connectivity index (χ1) is 12.9. The fourth-order valence-electron chi connectivity index (χ4n) is 3.08. The van der Waals surface area contributed by atoms with Crippen LogP contribution in [0.4, 0.5) is 22.7 Å². The Balaban J connectivity index is 1.74. The number of nitro groups is 2. The van der Waals surface area contributed by atoms with E-state index in [1.165, 1.54) is 24.3 Å². The highest BCUT2D eigenvalue weighted by atomic mass is 16.6. The second-order valence-electron chi connectivity index (χ2n) is 6.07. The first-order valence-corrected chi connectivity index (χ1v) is 8.19. The average molecular weight is 371 g/mol. The molecule has 10 heteroatoms. The van der Waals surface area contributed by atoms with Crippen molar-refractivity contribution in [2.24, 2.45) is 5.73 Å². The largest absolute Gasteiger partial charge is 0.368 e. The minimum atomic E-state index is -0.715. The molecule has 3 rings (SSSR count). The van der Waals surface area contributed by atoms with E-state index in [9.17, 15) is 25.0 Å². The number of hydrogen-bond acceptors (Lipinski definition) is 7. The first kappa shape index (κ1) is 18.1. The molecule has 1 aliphatic rings. The molecule has 0 aliphatic carbocycles. The normalized spacial score (nSPS) is 14.1. The van der Waals surface area contributed by atoms with E-state index in [0.29, 0.717) is 31.9 Å². The molecular formula is C17H17N5O5. The first-order valence-electron chi connectivity index (χ1n) is 8.19. The maximum Gasteiger partial charge on any atom is 0.293 e. The molecule has 2 aromatic rings. The van der Waals surface area contributed by atoms with Crippen molar-refractivity contribution >= 4 is 28.7 Å². The summed E-state index contributed by atoms with van der Waals surface area (Å²) in [6, 6.07) is 10.5. The number of benzene rings is 2. The number of nitrogens with zero attached hydrogens (tertiary/aromatic N) is 4. The van der Waals surface area contributed by atoms with Crippen molar-refractivity contribution in [1.82, 2.24) is 0 Å². The molecule has 1 amide bonds. The fourth-order valence-corrected chi connectivity index (χ4v) is 3.08. The number of nitrogens with two attached hydrogens (primary N) is 1. The summed E-state index contributed by atoms with van der Waals surface area (Å²) in [4.78, 5) is 36.4. The third-order valence-corrected chi connectivity index (χ3v) is 4.50. The zero-order chi connectivity index (χ0) is 19.6. The predicted molar refractivity (Wildman–Crippen MR) is 99.1 cm³/mol. The highest BCUT2D eigenvalue weighted by Crippen LogP contribution is 2.31. The third-order valence-electron chi connectivity index (χ3n) is 4.50. The Hall–Kier alpha value is -3.69. The third kappa shape index (κ3) is 3.78. The van der Waals surface area contributed by atoms with Crippen LogP contribution in [0, 0.1) is 20.2 Å². The summed E-state index contributed by atoms with van der Waals surface area (Å²) in [5.41, 5.74) is 6.46. The quantitative estimate of drug-likeness (QED) is 0.626. The Morgan fingerprint density at radius 2 is 1.48 bits per heavy atom. The number of primary amides is 1. The molecule has 27 heavy (non-hydrogen) atoms. The van der Waals surface area contributed by atoms with Crippen molar-refractivity contribution < 1.29 is 14.6 Å². The van der Waals surface area contributed by atoms with Crippen molar-refractivity contribution in [1.29, 1.82) is 0 Å². The zero-order valence-corrected chi connectivity index (χ0v) is 14.3. The lowest BCUT2D eigenvalue weighted by molar-refractivity contribution is -0.384. The fraction of sp³-hybridized carbons (Fsp3) is 0.235. The van der Waals surface area contributed by atoms with Gasteiger partial charge in [0.15, 0.2) is 0 Å². The summed E-state index contributed by atoms with van der Waals surface area (Å²) in [6.45, 7) is 2.28. The number of carbonyl (C=O) groups excluding carboxylic acids is 1. The van der Waals surface area contributed by atoms with Crippen molar-refractivity contribution in [2.45, 2.75) is 0 Å². The van der Waals surface area contributed by atoms with Gasteiger partial charge in [0.25, 0.3) is 11.4 Å². The van der Waals surface area contributed by atoms with Crippen LogP contribution in [0.2, 0.25) is 0 Å². The van der Waals surface area contributed by atoms with Gasteiger partial charge in [-0.15, -0.1) is 0 Å². The van der Waals surface area contributed by atoms with Crippen LogP contribution in [0.1, 0.15) is 10.4 Å². The van der Waals surface area contributed by atoms with E-state index in [2.05, 4.69) is 4.90 Å². The van der Waals surface area contributed by atoms with Gasteiger partial charge in [0.1, 0.15) is 5.69 Å². The Kier molecular flexibility index (Phi) is 4.88. The lowest BCUT2D eigenvalue weighted by Crippen LogP contribution is -2.46. The highest BCUT2D eigenvalue weighted by Gasteiger charge is 2.25. The van der Waals surface area contributed by atoms with Crippen molar-refractivity contribution in [2.75, 3.05) is 36.0 Å². The Labute approximate surface area is 154 Å². The van der Waals surface area contributed by atoms with E-state index in [4.69, 9.17) is 5.73 Å². The van der Waals surface area contributed by atoms with Gasteiger partial charge in [-0.3, -0.25) is 25.0 Å². The molecular weight excluding hydrogens is 354 g/mol. The minimum Gasteiger partial charge on any atom is -0.368 e. The van der Waals surface area contributed by atoms with Crippen molar-refractivity contribution in [3.63, 3.8) is 0 Å². The monoisotopic (exact) mass is 371 g/mol. The topological polar surface area (TPSA) is 136 Å². The van der Waals surface area contributed by atoms with Gasteiger partial charge in [0.2, 0.25) is 5.91 Å². The summed E-state index contributed by atoms with van der Waals surface area (Å²) in [5.74, 6) is -0.715. The second kappa shape index (κ2) is 7.28. The standard InChI is InChI=1S/C17H17N5O5/c18-17(23)12-1-6-15(16(11-12)22(26)27)20-9-7-19(8-10-20)13-2-4-14(5-3-13)21(24)25/h1-6,11H,7-10H2,(H2,18,23). The van der Waals surface area contributed by atoms with Crippen molar-refractivity contribution in [3.05, 3.63) is 68.3 Å². The smallest absolute Gasteiger partial charge is 0.293 e. The van der Waals surface area contributed by atoms with Gasteiger partial charge in [0, 0.05) is 55.6 Å². The molecule has 10 nitrogen and oxygen atoms in total. The Morgan fingerprint density at radius 1 is 0.889 bits per heavy atom. The van der Waals surface area contributed by atoms with E-state index in [1.54, 1.807) is 18.2 Å². The van der Waals surface area contributed by atoms with Crippen molar-refractivity contribution in [3.8, 4) is 0 Å². The highest BCUT2D eigenvalue weighted by molar-refractivity contribution is 5.94. The molecule has 2 aromatic carbocycles. The number of carbonyl (C=O) groups is 1. The molecule has 1 fully saturated rings. The molecule has 0 bridgehead atoms. The van der Waals surface area contributed by atoms with Gasteiger partial charge in [-0.1, -0.05) is 0 Å². The molecule has 0 unspecified atom stereocenters. The predicted octanol–water partition coefficient (Wildman–Crippen LogP) is 1.93. The molecule has 1 heterocycles. The molecule has 1 aliphatic heterocycles. The van der Waals surface area contributed by atoms with Gasteiger partial charge < -0.3 is 15.5 Å². The van der Waals surface area contributed by atoms with Gasteiger partial charge in [-0.2, -0.15) is 0 Å². The Morgan fingerprint density at radius 3 is 2.00 bits per heavy atom. The number of amides is 1. The second-order valence-corrected chi connectivity index (χ2v) is 6.07. The van der Waals surface area contributed by atoms with Gasteiger partial charge in [-0.05, 0) is 24.3 Å². The lowest BCUT2D eigenvalue weighted by atomic mass is 10.1. The number of non-ortho nitro benzene ring substituents is 1. The minimum absolute atomic E-state index is 0.0301. The van der Waals surface area contributed by atoms with Crippen LogP contribution in [0.3, 0.4) is 0 Å². The zero-order valence-electron chi connectivity index (χ0n) is 14.3. The summed E-state index contributed by atoms with van der Waals surface area (Å²) in [6.07, 6.45) is 0. The molecule has 0 aromatic heterocycles. The van der Waals surface area contributed by atoms with Crippen LogP contribution in [0.15, 0.2) is 42.5 Å².